The zero-order valence-electron chi connectivity index (χ0n) is 14.2. The fraction of sp³-hybridized carbons (Fsp3) is 0. The molecular formula is C21H11Cl2NO4. The zero-order chi connectivity index (χ0) is 19.8. The van der Waals surface area contributed by atoms with Gasteiger partial charge in [-0.05, 0) is 42.5 Å². The lowest BCUT2D eigenvalue weighted by molar-refractivity contribution is 0.0736. The van der Waals surface area contributed by atoms with E-state index in [1.807, 2.05) is 0 Å². The van der Waals surface area contributed by atoms with Gasteiger partial charge in [-0.2, -0.15) is 0 Å². The van der Waals surface area contributed by atoms with Gasteiger partial charge >= 0.3 is 5.97 Å². The molecule has 28 heavy (non-hydrogen) atoms. The number of benzene rings is 3. The number of fused-ring (bicyclic) bond motifs is 1. The summed E-state index contributed by atoms with van der Waals surface area (Å²) in [5, 5.41) is 0.565. The van der Waals surface area contributed by atoms with E-state index in [1.54, 1.807) is 36.4 Å². The minimum absolute atomic E-state index is 0.0584. The predicted molar refractivity (Wildman–Crippen MR) is 105 cm³/mol. The summed E-state index contributed by atoms with van der Waals surface area (Å²) < 4.78 is 5.36. The number of halogens is 2. The standard InChI is InChI=1S/C21H11Cl2NO4/c22-12-9-10-18(16(23)11-12)28-21(27)15-7-3-4-8-17(15)24-19(25)13-5-1-2-6-14(13)20(24)26/h1-11H. The molecule has 0 unspecified atom stereocenters. The smallest absolute Gasteiger partial charge is 0.345 e. The normalized spacial score (nSPS) is 12.9. The first-order valence-corrected chi connectivity index (χ1v) is 8.97. The average molecular weight is 412 g/mol. The van der Waals surface area contributed by atoms with Crippen molar-refractivity contribution in [1.29, 1.82) is 0 Å². The highest BCUT2D eigenvalue weighted by Crippen LogP contribution is 2.33. The lowest BCUT2D eigenvalue weighted by Crippen LogP contribution is -2.31. The molecule has 2 amide bonds. The molecule has 0 aliphatic carbocycles. The van der Waals surface area contributed by atoms with E-state index in [4.69, 9.17) is 27.9 Å². The minimum atomic E-state index is -0.753. The van der Waals surface area contributed by atoms with Crippen LogP contribution < -0.4 is 9.64 Å². The SMILES string of the molecule is O=C(Oc1ccc(Cl)cc1Cl)c1ccccc1N1C(=O)c2ccccc2C1=O. The molecule has 0 atom stereocenters. The van der Waals surface area contributed by atoms with Crippen LogP contribution in [-0.4, -0.2) is 17.8 Å². The van der Waals surface area contributed by atoms with E-state index in [-0.39, 0.29) is 33.1 Å². The maximum Gasteiger partial charge on any atom is 0.345 e. The highest BCUT2D eigenvalue weighted by Gasteiger charge is 2.38. The third-order valence-electron chi connectivity index (χ3n) is 4.26. The van der Waals surface area contributed by atoms with Gasteiger partial charge in [0.2, 0.25) is 0 Å². The number of anilines is 1. The molecule has 1 heterocycles. The Morgan fingerprint density at radius 2 is 1.43 bits per heavy atom. The molecular weight excluding hydrogens is 401 g/mol. The van der Waals surface area contributed by atoms with Crippen molar-refractivity contribution in [2.45, 2.75) is 0 Å². The Labute approximate surface area is 170 Å². The highest BCUT2D eigenvalue weighted by atomic mass is 35.5. The molecule has 3 aromatic rings. The largest absolute Gasteiger partial charge is 0.421 e. The Morgan fingerprint density at radius 3 is 2.07 bits per heavy atom. The highest BCUT2D eigenvalue weighted by molar-refractivity contribution is 6.36. The first kappa shape index (κ1) is 18.2. The number of esters is 1. The number of ether oxygens (including phenoxy) is 1. The molecule has 7 heteroatoms. The fourth-order valence-electron chi connectivity index (χ4n) is 2.96. The van der Waals surface area contributed by atoms with Crippen LogP contribution in [0.15, 0.2) is 66.7 Å². The van der Waals surface area contributed by atoms with Gasteiger partial charge in [0.25, 0.3) is 11.8 Å². The number of nitrogens with zero attached hydrogens (tertiary/aromatic N) is 1. The maximum atomic E-state index is 12.8. The van der Waals surface area contributed by atoms with Crippen LogP contribution in [0.25, 0.3) is 0 Å². The molecule has 0 saturated carbocycles. The number of para-hydroxylation sites is 1. The van der Waals surface area contributed by atoms with Crippen molar-refractivity contribution in [1.82, 2.24) is 0 Å². The van der Waals surface area contributed by atoms with Crippen LogP contribution in [0.1, 0.15) is 31.1 Å². The summed E-state index contributed by atoms with van der Waals surface area (Å²) in [7, 11) is 0. The van der Waals surface area contributed by atoms with Gasteiger partial charge < -0.3 is 4.74 Å². The minimum Gasteiger partial charge on any atom is -0.421 e. The molecule has 1 aliphatic heterocycles. The quantitative estimate of drug-likeness (QED) is 0.345. The number of imide groups is 1. The van der Waals surface area contributed by atoms with Gasteiger partial charge in [-0.3, -0.25) is 9.59 Å². The Kier molecular flexibility index (Phi) is 4.63. The number of hydrogen-bond donors (Lipinski definition) is 0. The van der Waals surface area contributed by atoms with Gasteiger partial charge in [-0.1, -0.05) is 47.5 Å². The Hall–Kier alpha value is -3.15. The third-order valence-corrected chi connectivity index (χ3v) is 4.79. The summed E-state index contributed by atoms with van der Waals surface area (Å²) in [5.41, 5.74) is 0.777. The van der Waals surface area contributed by atoms with E-state index in [1.165, 1.54) is 30.3 Å². The molecule has 1 aliphatic rings. The van der Waals surface area contributed by atoms with Gasteiger partial charge in [0.15, 0.2) is 0 Å². The van der Waals surface area contributed by atoms with Crippen molar-refractivity contribution in [3.63, 3.8) is 0 Å². The Morgan fingerprint density at radius 1 is 0.821 bits per heavy atom. The van der Waals surface area contributed by atoms with Crippen LogP contribution in [0.3, 0.4) is 0 Å². The number of rotatable bonds is 3. The van der Waals surface area contributed by atoms with Crippen LogP contribution in [0.5, 0.6) is 5.75 Å². The molecule has 0 aromatic heterocycles. The van der Waals surface area contributed by atoms with Crippen molar-refractivity contribution >= 4 is 46.7 Å². The monoisotopic (exact) mass is 411 g/mol. The average Bonchev–Trinajstić information content (AvgIpc) is 2.95. The van der Waals surface area contributed by atoms with Crippen LogP contribution in [0.2, 0.25) is 10.0 Å². The topological polar surface area (TPSA) is 63.7 Å². The molecule has 0 bridgehead atoms. The van der Waals surface area contributed by atoms with Crippen LogP contribution >= 0.6 is 23.2 Å². The molecule has 0 fully saturated rings. The Balaban J connectivity index is 1.71. The van der Waals surface area contributed by atoms with Crippen molar-refractivity contribution in [3.8, 4) is 5.75 Å². The first-order chi connectivity index (χ1) is 13.5. The van der Waals surface area contributed by atoms with Gasteiger partial charge in [0, 0.05) is 5.02 Å². The summed E-state index contributed by atoms with van der Waals surface area (Å²) >= 11 is 11.9. The number of amides is 2. The van der Waals surface area contributed by atoms with Gasteiger partial charge in [0.05, 0.1) is 27.4 Å². The summed E-state index contributed by atoms with van der Waals surface area (Å²) in [6, 6.07) is 17.2. The second kappa shape index (κ2) is 7.11. The van der Waals surface area contributed by atoms with E-state index < -0.39 is 17.8 Å². The van der Waals surface area contributed by atoms with Crippen molar-refractivity contribution < 1.29 is 19.1 Å². The Bertz CT molecular complexity index is 1110. The van der Waals surface area contributed by atoms with Crippen molar-refractivity contribution in [3.05, 3.63) is 93.5 Å². The van der Waals surface area contributed by atoms with E-state index in [9.17, 15) is 14.4 Å². The molecule has 3 aromatic carbocycles. The van der Waals surface area contributed by atoms with E-state index in [0.717, 1.165) is 4.90 Å². The van der Waals surface area contributed by atoms with Gasteiger partial charge in [-0.25, -0.2) is 9.69 Å². The van der Waals surface area contributed by atoms with Gasteiger partial charge in [-0.15, -0.1) is 0 Å². The lowest BCUT2D eigenvalue weighted by Gasteiger charge is -2.17. The molecule has 138 valence electrons. The lowest BCUT2D eigenvalue weighted by atomic mass is 10.1. The van der Waals surface area contributed by atoms with Crippen molar-refractivity contribution in [2.75, 3.05) is 4.90 Å². The molecule has 0 N–H and O–H groups in total. The van der Waals surface area contributed by atoms with E-state index in [0.29, 0.717) is 5.02 Å². The summed E-state index contributed by atoms with van der Waals surface area (Å²) in [6.07, 6.45) is 0. The van der Waals surface area contributed by atoms with Crippen LogP contribution in [-0.2, 0) is 0 Å². The molecule has 0 radical (unpaired) electrons. The first-order valence-electron chi connectivity index (χ1n) is 8.21. The molecule has 5 nitrogen and oxygen atoms in total. The predicted octanol–water partition coefficient (Wildman–Crippen LogP) is 5.01. The van der Waals surface area contributed by atoms with Crippen LogP contribution in [0, 0.1) is 0 Å². The number of hydrogen-bond acceptors (Lipinski definition) is 4. The number of carbonyl (C=O) groups is 3. The second-order valence-electron chi connectivity index (χ2n) is 5.97. The number of carbonyl (C=O) groups excluding carboxylic acids is 3. The van der Waals surface area contributed by atoms with E-state index in [2.05, 4.69) is 0 Å². The summed E-state index contributed by atoms with van der Waals surface area (Å²) in [4.78, 5) is 39.2. The van der Waals surface area contributed by atoms with Crippen LogP contribution in [0.4, 0.5) is 5.69 Å². The second-order valence-corrected chi connectivity index (χ2v) is 6.82. The van der Waals surface area contributed by atoms with Crippen molar-refractivity contribution in [2.24, 2.45) is 0 Å². The third kappa shape index (κ3) is 3.05. The summed E-state index contributed by atoms with van der Waals surface area (Å²) in [6.45, 7) is 0. The molecule has 4 rings (SSSR count). The molecule has 0 saturated heterocycles. The molecule has 0 spiro atoms. The summed E-state index contributed by atoms with van der Waals surface area (Å²) in [5.74, 6) is -1.62. The maximum absolute atomic E-state index is 12.8. The van der Waals surface area contributed by atoms with E-state index >= 15 is 0 Å². The van der Waals surface area contributed by atoms with Gasteiger partial charge in [0.1, 0.15) is 5.75 Å². The zero-order valence-corrected chi connectivity index (χ0v) is 15.7. The fourth-order valence-corrected chi connectivity index (χ4v) is 3.41.